The van der Waals surface area contributed by atoms with Crippen LogP contribution in [-0.4, -0.2) is 252 Å². The smallest absolute Gasteiger partial charge is 0.315 e. The monoisotopic (exact) mass is 1040 g/mol. The van der Waals surface area contributed by atoms with E-state index >= 15 is 0 Å². The molecule has 0 saturated carbocycles. The van der Waals surface area contributed by atoms with Gasteiger partial charge in [0.1, 0.15) is 48.7 Å². The summed E-state index contributed by atoms with van der Waals surface area (Å²) in [5.74, 6) is -0.444. The van der Waals surface area contributed by atoms with Crippen LogP contribution < -0.4 is 31.9 Å². The number of hydrogen-bond acceptors (Lipinski definition) is 21. The zero-order valence-electron chi connectivity index (χ0n) is 40.7. The van der Waals surface area contributed by atoms with E-state index in [1.807, 2.05) is 11.8 Å². The number of urea groups is 1. The molecule has 410 valence electrons. The average Bonchev–Trinajstić information content (AvgIpc) is 3.90. The van der Waals surface area contributed by atoms with Crippen molar-refractivity contribution in [1.29, 1.82) is 0 Å². The van der Waals surface area contributed by atoms with Gasteiger partial charge < -0.3 is 105 Å². The van der Waals surface area contributed by atoms with Gasteiger partial charge in [-0.05, 0) is 19.3 Å². The molecule has 13 atom stereocenters. The summed E-state index contributed by atoms with van der Waals surface area (Å²) in [6.45, 7) is 6.08. The minimum Gasteiger partial charge on any atom is -0.394 e. The number of aliphatic hydroxyl groups excluding tert-OH is 5. The van der Waals surface area contributed by atoms with E-state index in [4.69, 9.17) is 47.4 Å². The fourth-order valence-corrected chi connectivity index (χ4v) is 9.63. The van der Waals surface area contributed by atoms with Gasteiger partial charge in [0.05, 0.1) is 111 Å². The van der Waals surface area contributed by atoms with Crippen LogP contribution in [0.2, 0.25) is 0 Å². The van der Waals surface area contributed by atoms with Gasteiger partial charge in [-0.25, -0.2) is 4.79 Å². The Morgan fingerprint density at radius 2 is 1.15 bits per heavy atom. The molecule has 11 N–H and O–H groups in total. The summed E-state index contributed by atoms with van der Waals surface area (Å²) in [5.41, 5.74) is 0. The third-order valence-corrected chi connectivity index (χ3v) is 13.2. The van der Waals surface area contributed by atoms with Crippen LogP contribution in [0.15, 0.2) is 0 Å². The zero-order chi connectivity index (χ0) is 51.4. The maximum Gasteiger partial charge on any atom is 0.315 e. The van der Waals surface area contributed by atoms with Crippen LogP contribution in [0.4, 0.5) is 4.79 Å². The van der Waals surface area contributed by atoms with Crippen LogP contribution in [-0.2, 0) is 66.5 Å². The summed E-state index contributed by atoms with van der Waals surface area (Å²) in [6, 6.07) is -2.22. The van der Waals surface area contributed by atoms with Crippen molar-refractivity contribution in [2.24, 2.45) is 0 Å². The molecule has 4 fully saturated rings. The first-order valence-corrected chi connectivity index (χ1v) is 25.4. The lowest BCUT2D eigenvalue weighted by Gasteiger charge is -2.48. The Kier molecular flexibility index (Phi) is 29.3. The maximum atomic E-state index is 12.3. The van der Waals surface area contributed by atoms with E-state index in [-0.39, 0.29) is 62.7 Å². The number of carbonyl (C=O) groups excluding carboxylic acids is 5. The first-order valence-electron chi connectivity index (χ1n) is 24.4. The molecule has 0 radical (unpaired) electrons. The van der Waals surface area contributed by atoms with Gasteiger partial charge in [0.15, 0.2) is 12.6 Å². The molecule has 26 nitrogen and oxygen atoms in total. The molecule has 4 saturated heterocycles. The Morgan fingerprint density at radius 1 is 0.620 bits per heavy atom. The van der Waals surface area contributed by atoms with Crippen LogP contribution in [0.5, 0.6) is 0 Å². The van der Waals surface area contributed by atoms with Crippen molar-refractivity contribution in [3.05, 3.63) is 0 Å². The van der Waals surface area contributed by atoms with Crippen molar-refractivity contribution in [3.8, 4) is 0 Å². The largest absolute Gasteiger partial charge is 0.394 e. The van der Waals surface area contributed by atoms with Crippen molar-refractivity contribution < 1.29 is 96.9 Å². The second-order valence-electron chi connectivity index (χ2n) is 17.2. The quantitative estimate of drug-likeness (QED) is 0.0207. The van der Waals surface area contributed by atoms with E-state index in [2.05, 4.69) is 31.9 Å². The third kappa shape index (κ3) is 22.1. The summed E-state index contributed by atoms with van der Waals surface area (Å²) in [4.78, 5) is 59.9. The highest BCUT2D eigenvalue weighted by atomic mass is 32.2. The predicted molar refractivity (Wildman–Crippen MR) is 250 cm³/mol. The van der Waals surface area contributed by atoms with Crippen LogP contribution in [0.1, 0.15) is 52.4 Å². The molecular weight excluding hydrogens is 965 g/mol. The third-order valence-electron chi connectivity index (χ3n) is 11.7. The first-order chi connectivity index (χ1) is 34.3. The lowest BCUT2D eigenvalue weighted by Crippen LogP contribution is -2.69. The van der Waals surface area contributed by atoms with Crippen molar-refractivity contribution in [2.75, 3.05) is 118 Å². The van der Waals surface area contributed by atoms with Crippen molar-refractivity contribution in [3.63, 3.8) is 0 Å². The Morgan fingerprint density at radius 3 is 1.75 bits per heavy atom. The van der Waals surface area contributed by atoms with Gasteiger partial charge in [-0.2, -0.15) is 11.8 Å². The molecule has 4 aliphatic heterocycles. The molecule has 0 bridgehead atoms. The standard InChI is InChI=1S/C44H78N6O20S/c1-27(53)47-36-39(58)38(57)30(24-51)68-43(36)70-41-31(25-52)69-42(37(40(41)59)48-28(2)54)67-11-5-9-45-34(56)8-12-61-14-16-63-18-20-65-22-23-66-21-19-64-17-15-62-13-10-46-33(55)7-4-3-6-32-35-29(26-71-32)49-44(60)50-35/h29-32,35-43,51-52,57-59H,3-26H2,1-2H3,(H,45,56)(H,46,55)(H,47,53)(H,48,54)(H2,49,50,60)/t29-,30+,31+,32-,35-,36+,37+,38-,39+,40+,41-,42-,43+/m0/s1. The van der Waals surface area contributed by atoms with Gasteiger partial charge in [0.2, 0.25) is 23.6 Å². The normalized spacial score (nSPS) is 29.2. The highest BCUT2D eigenvalue weighted by Gasteiger charge is 2.52. The van der Waals surface area contributed by atoms with Gasteiger partial charge in [0.25, 0.3) is 0 Å². The minimum absolute atomic E-state index is 0.0125. The van der Waals surface area contributed by atoms with E-state index in [9.17, 15) is 49.5 Å². The Balaban J connectivity index is 0.907. The van der Waals surface area contributed by atoms with Crippen LogP contribution in [0.25, 0.3) is 0 Å². The number of aliphatic hydroxyl groups is 5. The molecule has 27 heteroatoms. The molecule has 0 aromatic heterocycles. The van der Waals surface area contributed by atoms with Crippen molar-refractivity contribution in [2.45, 2.75) is 131 Å². The van der Waals surface area contributed by atoms with E-state index in [1.165, 1.54) is 6.92 Å². The second kappa shape index (κ2) is 34.4. The summed E-state index contributed by atoms with van der Waals surface area (Å²) in [6.07, 6.45) is -7.87. The molecule has 0 aromatic carbocycles. The molecule has 0 unspecified atom stereocenters. The number of rotatable bonds is 37. The molecule has 4 heterocycles. The lowest BCUT2D eigenvalue weighted by molar-refractivity contribution is -0.332. The predicted octanol–water partition coefficient (Wildman–Crippen LogP) is -4.25. The topological polar surface area (TPSA) is 351 Å². The molecular formula is C44H78N6O20S. The van der Waals surface area contributed by atoms with E-state index in [1.54, 1.807) is 0 Å². The van der Waals surface area contributed by atoms with Crippen LogP contribution >= 0.6 is 11.8 Å². The van der Waals surface area contributed by atoms with Crippen LogP contribution in [0.3, 0.4) is 0 Å². The summed E-state index contributed by atoms with van der Waals surface area (Å²) in [7, 11) is 0. The number of carbonyl (C=O) groups is 5. The van der Waals surface area contributed by atoms with E-state index in [0.29, 0.717) is 90.7 Å². The SMILES string of the molecule is CC(=O)N[C@H]1[C@@H](OCCCNC(=O)CCOCCOCCOCCOCCOCCOCCNC(=O)CCCC[C@@H]2SC[C@@H]3NC(=O)N[C@@H]32)O[C@H](CO)[C@H](O[C@H]2O[C@H](CO)[C@H](O)[C@H](O)[C@H]2NC(C)=O)[C@@H]1O. The summed E-state index contributed by atoms with van der Waals surface area (Å²) in [5, 5.41) is 69.1. The second-order valence-corrected chi connectivity index (χ2v) is 18.5. The molecule has 71 heavy (non-hydrogen) atoms. The molecule has 4 aliphatic rings. The molecule has 4 rings (SSSR count). The van der Waals surface area contributed by atoms with Crippen molar-refractivity contribution >= 4 is 41.4 Å². The summed E-state index contributed by atoms with van der Waals surface area (Å²) < 4.78 is 56.1. The molecule has 6 amide bonds. The maximum absolute atomic E-state index is 12.3. The van der Waals surface area contributed by atoms with E-state index in [0.717, 1.165) is 31.9 Å². The van der Waals surface area contributed by atoms with Gasteiger partial charge in [-0.15, -0.1) is 0 Å². The zero-order valence-corrected chi connectivity index (χ0v) is 41.6. The Labute approximate surface area is 418 Å². The lowest BCUT2D eigenvalue weighted by atomic mass is 9.94. The number of amides is 6. The molecule has 0 aliphatic carbocycles. The average molecular weight is 1040 g/mol. The highest BCUT2D eigenvalue weighted by molar-refractivity contribution is 8.00. The number of nitrogens with one attached hydrogen (secondary N) is 6. The minimum atomic E-state index is -1.63. The van der Waals surface area contributed by atoms with Gasteiger partial charge in [-0.1, -0.05) is 6.42 Å². The number of unbranched alkanes of at least 4 members (excludes halogenated alkanes) is 1. The van der Waals surface area contributed by atoms with Crippen molar-refractivity contribution in [1.82, 2.24) is 31.9 Å². The fraction of sp³-hybridized carbons (Fsp3) is 0.886. The van der Waals surface area contributed by atoms with Gasteiger partial charge in [0, 0.05) is 50.8 Å². The molecule has 0 aromatic rings. The van der Waals surface area contributed by atoms with Gasteiger partial charge >= 0.3 is 6.03 Å². The number of fused-ring (bicyclic) bond motifs is 1. The highest BCUT2D eigenvalue weighted by Crippen LogP contribution is 2.33. The Bertz CT molecular complexity index is 1570. The summed E-state index contributed by atoms with van der Waals surface area (Å²) >= 11 is 1.88. The first kappa shape index (κ1) is 60.5. The van der Waals surface area contributed by atoms with Crippen LogP contribution in [0, 0.1) is 0 Å². The van der Waals surface area contributed by atoms with Gasteiger partial charge in [-0.3, -0.25) is 19.2 Å². The number of thioether (sulfide) groups is 1. The fourth-order valence-electron chi connectivity index (χ4n) is 8.09. The van der Waals surface area contributed by atoms with E-state index < -0.39 is 86.3 Å². The Hall–Kier alpha value is -3.10. The number of ether oxygens (including phenoxy) is 10. The molecule has 0 spiro atoms. The number of hydrogen-bond donors (Lipinski definition) is 11.